The Balaban J connectivity index is 4.27. The molecule has 0 aromatic heterocycles. The fraction of sp³-hybridized carbons (Fsp3) is 0.846. The first-order chi connectivity index (χ1) is 7.82. The maximum absolute atomic E-state index is 12.0. The summed E-state index contributed by atoms with van der Waals surface area (Å²) in [5, 5.41) is 0. The zero-order valence-electron chi connectivity index (χ0n) is 11.5. The van der Waals surface area contributed by atoms with Gasteiger partial charge < -0.3 is 10.6 Å². The van der Waals surface area contributed by atoms with Crippen molar-refractivity contribution in [2.45, 2.75) is 47.0 Å². The van der Waals surface area contributed by atoms with Gasteiger partial charge in [0.2, 0.25) is 5.91 Å². The molecule has 0 unspecified atom stereocenters. The van der Waals surface area contributed by atoms with Crippen LogP contribution < -0.4 is 5.73 Å². The molecule has 17 heavy (non-hydrogen) atoms. The minimum Gasteiger partial charge on any atom is -0.393 e. The van der Waals surface area contributed by atoms with E-state index in [4.69, 9.17) is 18.0 Å². The van der Waals surface area contributed by atoms with Gasteiger partial charge in [0.15, 0.2) is 0 Å². The highest BCUT2D eigenvalue weighted by atomic mass is 32.1. The summed E-state index contributed by atoms with van der Waals surface area (Å²) in [7, 11) is 0. The fourth-order valence-corrected chi connectivity index (χ4v) is 1.59. The predicted octanol–water partition coefficient (Wildman–Crippen LogP) is 2.58. The summed E-state index contributed by atoms with van der Waals surface area (Å²) in [5.74, 6) is 1.22. The topological polar surface area (TPSA) is 46.3 Å². The van der Waals surface area contributed by atoms with Crippen molar-refractivity contribution in [3.8, 4) is 0 Å². The molecule has 0 saturated heterocycles. The van der Waals surface area contributed by atoms with E-state index in [2.05, 4.69) is 27.7 Å². The van der Waals surface area contributed by atoms with Crippen molar-refractivity contribution < 1.29 is 4.79 Å². The Labute approximate surface area is 111 Å². The Morgan fingerprint density at radius 3 is 2.18 bits per heavy atom. The molecule has 0 atom stereocenters. The molecule has 0 aromatic rings. The Morgan fingerprint density at radius 2 is 1.76 bits per heavy atom. The molecule has 0 aliphatic carbocycles. The molecule has 0 aliphatic rings. The number of nitrogens with zero attached hydrogens (tertiary/aromatic N) is 1. The quantitative estimate of drug-likeness (QED) is 0.681. The van der Waals surface area contributed by atoms with Crippen LogP contribution in [0, 0.1) is 11.8 Å². The van der Waals surface area contributed by atoms with Gasteiger partial charge >= 0.3 is 0 Å². The molecule has 0 spiro atoms. The van der Waals surface area contributed by atoms with Gasteiger partial charge in [0.05, 0.1) is 4.99 Å². The van der Waals surface area contributed by atoms with Crippen molar-refractivity contribution in [2.24, 2.45) is 17.6 Å². The van der Waals surface area contributed by atoms with Crippen molar-refractivity contribution >= 4 is 23.1 Å². The number of amides is 1. The van der Waals surface area contributed by atoms with E-state index >= 15 is 0 Å². The van der Waals surface area contributed by atoms with Gasteiger partial charge in [-0.3, -0.25) is 4.79 Å². The first kappa shape index (κ1) is 16.4. The predicted molar refractivity (Wildman–Crippen MR) is 76.9 cm³/mol. The summed E-state index contributed by atoms with van der Waals surface area (Å²) in [6.45, 7) is 9.93. The molecule has 1 amide bonds. The van der Waals surface area contributed by atoms with Gasteiger partial charge in [-0.25, -0.2) is 0 Å². The normalized spacial score (nSPS) is 10.9. The standard InChI is InChI=1S/C13H26N2OS/c1-10(2)5-7-15(8-6-12(14)17)13(16)9-11(3)4/h10-11H,5-9H2,1-4H3,(H2,14,17). The molecular formula is C13H26N2OS. The highest BCUT2D eigenvalue weighted by Gasteiger charge is 2.15. The van der Waals surface area contributed by atoms with Crippen LogP contribution >= 0.6 is 12.2 Å². The fourth-order valence-electron chi connectivity index (χ4n) is 1.50. The Hall–Kier alpha value is -0.640. The lowest BCUT2D eigenvalue weighted by Gasteiger charge is -2.24. The zero-order chi connectivity index (χ0) is 13.4. The molecule has 0 bridgehead atoms. The van der Waals surface area contributed by atoms with Crippen molar-refractivity contribution in [3.05, 3.63) is 0 Å². The van der Waals surface area contributed by atoms with E-state index in [1.807, 2.05) is 4.90 Å². The summed E-state index contributed by atoms with van der Waals surface area (Å²) >= 11 is 4.86. The van der Waals surface area contributed by atoms with Crippen molar-refractivity contribution in [1.82, 2.24) is 4.90 Å². The smallest absolute Gasteiger partial charge is 0.222 e. The maximum atomic E-state index is 12.0. The van der Waals surface area contributed by atoms with Gasteiger partial charge in [-0.05, 0) is 18.3 Å². The third-order valence-corrected chi connectivity index (χ3v) is 2.74. The Bertz CT molecular complexity index is 252. The van der Waals surface area contributed by atoms with E-state index in [0.717, 1.165) is 13.0 Å². The van der Waals surface area contributed by atoms with Crippen LogP contribution in [0.1, 0.15) is 47.0 Å². The maximum Gasteiger partial charge on any atom is 0.222 e. The van der Waals surface area contributed by atoms with Crippen LogP contribution in [-0.4, -0.2) is 28.9 Å². The molecular weight excluding hydrogens is 232 g/mol. The summed E-state index contributed by atoms with van der Waals surface area (Å²) < 4.78 is 0. The molecule has 0 aliphatic heterocycles. The van der Waals surface area contributed by atoms with Crippen LogP contribution in [0.15, 0.2) is 0 Å². The number of thiocarbonyl (C=S) groups is 1. The molecule has 0 heterocycles. The summed E-state index contributed by atoms with van der Waals surface area (Å²) in [5.41, 5.74) is 5.49. The molecule has 0 rings (SSSR count). The number of rotatable bonds is 8. The summed E-state index contributed by atoms with van der Waals surface area (Å²) in [6, 6.07) is 0. The van der Waals surface area contributed by atoms with Gasteiger partial charge in [-0.1, -0.05) is 39.9 Å². The highest BCUT2D eigenvalue weighted by Crippen LogP contribution is 2.08. The first-order valence-electron chi connectivity index (χ1n) is 6.39. The third kappa shape index (κ3) is 9.10. The third-order valence-electron chi connectivity index (χ3n) is 2.54. The largest absolute Gasteiger partial charge is 0.393 e. The van der Waals surface area contributed by atoms with Crippen LogP contribution in [0.25, 0.3) is 0 Å². The van der Waals surface area contributed by atoms with Crippen LogP contribution in [0.2, 0.25) is 0 Å². The zero-order valence-corrected chi connectivity index (χ0v) is 12.3. The van der Waals surface area contributed by atoms with E-state index in [-0.39, 0.29) is 5.91 Å². The second-order valence-corrected chi connectivity index (χ2v) is 5.90. The van der Waals surface area contributed by atoms with Gasteiger partial charge in [0, 0.05) is 25.9 Å². The van der Waals surface area contributed by atoms with E-state index in [1.54, 1.807) is 0 Å². The lowest BCUT2D eigenvalue weighted by Crippen LogP contribution is -2.35. The first-order valence-corrected chi connectivity index (χ1v) is 6.79. The van der Waals surface area contributed by atoms with E-state index < -0.39 is 0 Å². The number of carbonyl (C=O) groups excluding carboxylic acids is 1. The van der Waals surface area contributed by atoms with Gasteiger partial charge in [0.25, 0.3) is 0 Å². The molecule has 2 N–H and O–H groups in total. The molecule has 100 valence electrons. The molecule has 0 fully saturated rings. The molecule has 4 heteroatoms. The lowest BCUT2D eigenvalue weighted by atomic mass is 10.1. The van der Waals surface area contributed by atoms with Crippen LogP contribution in [0.5, 0.6) is 0 Å². The number of hydrogen-bond acceptors (Lipinski definition) is 2. The second-order valence-electron chi connectivity index (χ2n) is 5.38. The van der Waals surface area contributed by atoms with Crippen LogP contribution in [0.3, 0.4) is 0 Å². The van der Waals surface area contributed by atoms with Crippen molar-refractivity contribution in [1.29, 1.82) is 0 Å². The highest BCUT2D eigenvalue weighted by molar-refractivity contribution is 7.80. The average Bonchev–Trinajstić information content (AvgIpc) is 2.15. The number of carbonyl (C=O) groups is 1. The van der Waals surface area contributed by atoms with Gasteiger partial charge in [0.1, 0.15) is 0 Å². The van der Waals surface area contributed by atoms with E-state index in [0.29, 0.717) is 36.2 Å². The van der Waals surface area contributed by atoms with E-state index in [9.17, 15) is 4.79 Å². The lowest BCUT2D eigenvalue weighted by molar-refractivity contribution is -0.132. The van der Waals surface area contributed by atoms with Crippen LogP contribution in [-0.2, 0) is 4.79 Å². The molecule has 3 nitrogen and oxygen atoms in total. The van der Waals surface area contributed by atoms with Gasteiger partial charge in [-0.15, -0.1) is 0 Å². The minimum atomic E-state index is 0.219. The summed E-state index contributed by atoms with van der Waals surface area (Å²) in [6.07, 6.45) is 2.26. The van der Waals surface area contributed by atoms with Crippen LogP contribution in [0.4, 0.5) is 0 Å². The summed E-state index contributed by atoms with van der Waals surface area (Å²) in [4.78, 5) is 14.4. The molecule has 0 saturated carbocycles. The SMILES string of the molecule is CC(C)CCN(CCC(N)=S)C(=O)CC(C)C. The van der Waals surface area contributed by atoms with E-state index in [1.165, 1.54) is 0 Å². The Morgan fingerprint density at radius 1 is 1.18 bits per heavy atom. The number of nitrogens with two attached hydrogens (primary N) is 1. The van der Waals surface area contributed by atoms with Gasteiger partial charge in [-0.2, -0.15) is 0 Å². The van der Waals surface area contributed by atoms with Crippen molar-refractivity contribution in [3.63, 3.8) is 0 Å². The Kier molecular flexibility index (Phi) is 8.13. The second kappa shape index (κ2) is 8.45. The van der Waals surface area contributed by atoms with Crippen molar-refractivity contribution in [2.75, 3.05) is 13.1 Å². The average molecular weight is 258 g/mol. The number of hydrogen-bond donors (Lipinski definition) is 1. The molecule has 0 radical (unpaired) electrons. The molecule has 0 aromatic carbocycles. The minimum absolute atomic E-state index is 0.219. The monoisotopic (exact) mass is 258 g/mol.